The van der Waals surface area contributed by atoms with E-state index in [0.29, 0.717) is 21.1 Å². The summed E-state index contributed by atoms with van der Waals surface area (Å²) in [5.74, 6) is -1.72. The fourth-order valence-electron chi connectivity index (χ4n) is 4.21. The molecule has 0 fully saturated rings. The Morgan fingerprint density at radius 3 is 2.57 bits per heavy atom. The van der Waals surface area contributed by atoms with E-state index in [0.717, 1.165) is 11.1 Å². The van der Waals surface area contributed by atoms with Gasteiger partial charge in [-0.1, -0.05) is 48.5 Å². The molecule has 2 N–H and O–H groups in total. The molecule has 2 aromatic carbocycles. The van der Waals surface area contributed by atoms with E-state index in [2.05, 4.69) is 9.97 Å². The monoisotopic (exact) mass is 483 g/mol. The number of hydrogen-bond donors (Lipinski definition) is 2. The van der Waals surface area contributed by atoms with E-state index in [1.54, 1.807) is 37.5 Å². The van der Waals surface area contributed by atoms with Crippen molar-refractivity contribution in [2.24, 2.45) is 0 Å². The molecular formula is C27H21N3O4S. The number of carbonyl (C=O) groups is 2. The Hall–Kier alpha value is -4.30. The molecular weight excluding hydrogens is 462 g/mol. The molecule has 0 saturated heterocycles. The quantitative estimate of drug-likeness (QED) is 0.374. The fraction of sp³-hybridized carbons (Fsp3) is 0.111. The van der Waals surface area contributed by atoms with E-state index in [4.69, 9.17) is 0 Å². The molecule has 0 radical (unpaired) electrons. The maximum Gasteiger partial charge on any atom is 0.290 e. The molecule has 174 valence electrons. The van der Waals surface area contributed by atoms with Gasteiger partial charge in [-0.05, 0) is 36.2 Å². The van der Waals surface area contributed by atoms with Gasteiger partial charge in [0.05, 0.1) is 22.2 Å². The highest BCUT2D eigenvalue weighted by atomic mass is 32.1. The molecule has 1 atom stereocenters. The molecule has 35 heavy (non-hydrogen) atoms. The van der Waals surface area contributed by atoms with Crippen molar-refractivity contribution in [3.05, 3.63) is 112 Å². The minimum Gasteiger partial charge on any atom is -0.508 e. The number of phenolic OH excluding ortho intramolecular Hbond substituents is 1. The Labute approximate surface area is 205 Å². The van der Waals surface area contributed by atoms with Crippen LogP contribution in [-0.4, -0.2) is 36.8 Å². The maximum atomic E-state index is 13.8. The number of aromatic nitrogens is 2. The van der Waals surface area contributed by atoms with Crippen molar-refractivity contribution < 1.29 is 19.8 Å². The maximum absolute atomic E-state index is 13.8. The van der Waals surface area contributed by atoms with Gasteiger partial charge in [-0.25, -0.2) is 4.98 Å². The van der Waals surface area contributed by atoms with Crippen LogP contribution in [0.25, 0.3) is 10.6 Å². The summed E-state index contributed by atoms with van der Waals surface area (Å²) in [5, 5.41) is 21.7. The number of phenols is 1. The van der Waals surface area contributed by atoms with E-state index in [1.807, 2.05) is 36.4 Å². The Morgan fingerprint density at radius 2 is 1.86 bits per heavy atom. The summed E-state index contributed by atoms with van der Waals surface area (Å²) >= 11 is 1.22. The number of ketones is 1. The fourth-order valence-corrected chi connectivity index (χ4v) is 5.24. The average Bonchev–Trinajstić information content (AvgIpc) is 3.38. The van der Waals surface area contributed by atoms with Gasteiger partial charge in [-0.2, -0.15) is 0 Å². The molecule has 3 heterocycles. The lowest BCUT2D eigenvalue weighted by atomic mass is 9.94. The summed E-state index contributed by atoms with van der Waals surface area (Å²) in [7, 11) is 0. The topological polar surface area (TPSA) is 104 Å². The number of hydrogen-bond acceptors (Lipinski definition) is 7. The zero-order chi connectivity index (χ0) is 24.5. The van der Waals surface area contributed by atoms with Crippen LogP contribution >= 0.6 is 11.3 Å². The van der Waals surface area contributed by atoms with E-state index in [1.165, 1.54) is 28.4 Å². The molecule has 1 amide bonds. The highest BCUT2D eigenvalue weighted by molar-refractivity contribution is 7.17. The minimum absolute atomic E-state index is 0.00481. The second kappa shape index (κ2) is 9.15. The number of aryl methyl sites for hydroxylation is 1. The number of aliphatic hydroxyl groups is 1. The first-order valence-electron chi connectivity index (χ1n) is 10.9. The van der Waals surface area contributed by atoms with Crippen molar-refractivity contribution in [1.82, 2.24) is 14.9 Å². The predicted molar refractivity (Wildman–Crippen MR) is 132 cm³/mol. The molecule has 1 aliphatic heterocycles. The number of Topliss-reactive ketones (excluding diaryl/α,β-unsaturated/α-hetero) is 1. The van der Waals surface area contributed by atoms with Gasteiger partial charge in [0.15, 0.2) is 5.76 Å². The third-order valence-electron chi connectivity index (χ3n) is 5.83. The molecule has 5 rings (SSSR count). The van der Waals surface area contributed by atoms with Gasteiger partial charge in [0.2, 0.25) is 5.78 Å². The van der Waals surface area contributed by atoms with Crippen molar-refractivity contribution in [2.75, 3.05) is 0 Å². The van der Waals surface area contributed by atoms with Gasteiger partial charge in [-0.15, -0.1) is 11.3 Å². The number of pyridine rings is 1. The van der Waals surface area contributed by atoms with Crippen LogP contribution in [-0.2, 0) is 11.3 Å². The van der Waals surface area contributed by atoms with Crippen LogP contribution in [0.1, 0.15) is 32.5 Å². The molecule has 0 spiro atoms. The van der Waals surface area contributed by atoms with Gasteiger partial charge in [0, 0.05) is 24.5 Å². The summed E-state index contributed by atoms with van der Waals surface area (Å²) in [6.45, 7) is 1.87. The summed E-state index contributed by atoms with van der Waals surface area (Å²) in [6.07, 6.45) is 3.26. The van der Waals surface area contributed by atoms with Crippen LogP contribution in [0.2, 0.25) is 0 Å². The first kappa shape index (κ1) is 22.5. The van der Waals surface area contributed by atoms with Gasteiger partial charge in [-0.3, -0.25) is 14.6 Å². The zero-order valence-corrected chi connectivity index (χ0v) is 19.6. The molecule has 0 saturated carbocycles. The summed E-state index contributed by atoms with van der Waals surface area (Å²) < 4.78 is 0. The van der Waals surface area contributed by atoms with E-state index < -0.39 is 23.5 Å². The normalized spacial score (nSPS) is 15.6. The van der Waals surface area contributed by atoms with Crippen molar-refractivity contribution in [1.29, 1.82) is 0 Å². The number of rotatable bonds is 6. The molecule has 2 aromatic heterocycles. The predicted octanol–water partition coefficient (Wildman–Crippen LogP) is 5.00. The lowest BCUT2D eigenvalue weighted by molar-refractivity contribution is -0.130. The van der Waals surface area contributed by atoms with Crippen LogP contribution in [0.15, 0.2) is 90.5 Å². The molecule has 1 aliphatic rings. The molecule has 7 nitrogen and oxygen atoms in total. The lowest BCUT2D eigenvalue weighted by Gasteiger charge is -2.27. The van der Waals surface area contributed by atoms with Crippen LogP contribution < -0.4 is 0 Å². The van der Waals surface area contributed by atoms with Gasteiger partial charge in [0.25, 0.3) is 5.91 Å². The largest absolute Gasteiger partial charge is 0.508 e. The Morgan fingerprint density at radius 1 is 1.06 bits per heavy atom. The first-order valence-corrected chi connectivity index (χ1v) is 11.7. The van der Waals surface area contributed by atoms with Gasteiger partial charge >= 0.3 is 0 Å². The molecule has 4 aromatic rings. The summed E-state index contributed by atoms with van der Waals surface area (Å²) in [6, 6.07) is 18.6. The number of carbonyl (C=O) groups excluding carboxylic acids is 2. The second-order valence-corrected chi connectivity index (χ2v) is 9.18. The average molecular weight is 484 g/mol. The summed E-state index contributed by atoms with van der Waals surface area (Å²) in [4.78, 5) is 37.5. The van der Waals surface area contributed by atoms with Crippen LogP contribution in [0.4, 0.5) is 0 Å². The lowest BCUT2D eigenvalue weighted by Crippen LogP contribution is -2.30. The Kier molecular flexibility index (Phi) is 5.88. The Bertz CT molecular complexity index is 1450. The highest BCUT2D eigenvalue weighted by Gasteiger charge is 2.44. The third-order valence-corrected chi connectivity index (χ3v) is 7.04. The van der Waals surface area contributed by atoms with Crippen molar-refractivity contribution >= 4 is 23.0 Å². The molecule has 0 aliphatic carbocycles. The van der Waals surface area contributed by atoms with Gasteiger partial charge < -0.3 is 15.1 Å². The van der Waals surface area contributed by atoms with E-state index in [-0.39, 0.29) is 17.9 Å². The molecule has 1 unspecified atom stereocenters. The van der Waals surface area contributed by atoms with Crippen molar-refractivity contribution in [2.45, 2.75) is 19.5 Å². The second-order valence-electron chi connectivity index (χ2n) is 8.18. The zero-order valence-electron chi connectivity index (χ0n) is 18.8. The van der Waals surface area contributed by atoms with Crippen LogP contribution in [0, 0.1) is 6.92 Å². The number of nitrogens with zero attached hydrogens (tertiary/aromatic N) is 3. The molecule has 0 bridgehead atoms. The highest BCUT2D eigenvalue weighted by Crippen LogP contribution is 2.42. The third kappa shape index (κ3) is 4.20. The number of benzene rings is 2. The molecule has 8 heteroatoms. The number of amides is 1. The summed E-state index contributed by atoms with van der Waals surface area (Å²) in [5.41, 5.74) is 2.62. The van der Waals surface area contributed by atoms with Crippen molar-refractivity contribution in [3.63, 3.8) is 0 Å². The van der Waals surface area contributed by atoms with Crippen LogP contribution in [0.3, 0.4) is 0 Å². The minimum atomic E-state index is -0.885. The van der Waals surface area contributed by atoms with Gasteiger partial charge in [0.1, 0.15) is 10.8 Å². The number of thiazole rings is 1. The van der Waals surface area contributed by atoms with Crippen molar-refractivity contribution in [3.8, 4) is 16.3 Å². The standard InChI is InChI=1S/C27H21N3O4S/c1-16-25(35-26(29-16)18-8-3-2-4-9-18)23(32)21-22(19-10-5-11-20(31)13-19)30(27(34)24(21)33)15-17-7-6-12-28-14-17/h2-14,22,31,33H,15H2,1H3. The number of aliphatic hydroxyl groups excluding tert-OH is 1. The van der Waals surface area contributed by atoms with Crippen LogP contribution in [0.5, 0.6) is 5.75 Å². The number of aromatic hydroxyl groups is 1. The smallest absolute Gasteiger partial charge is 0.290 e. The SMILES string of the molecule is Cc1nc(-c2ccccc2)sc1C(=O)C1=C(O)C(=O)N(Cc2cccnc2)C1c1cccc(O)c1. The van der Waals surface area contributed by atoms with E-state index in [9.17, 15) is 19.8 Å². The Balaban J connectivity index is 1.59. The first-order chi connectivity index (χ1) is 16.9. The van der Waals surface area contributed by atoms with E-state index >= 15 is 0 Å².